The molecule has 1 atom stereocenters. The highest BCUT2D eigenvalue weighted by Gasteiger charge is 2.12. The molecule has 1 nitrogen and oxygen atoms in total. The molecule has 0 bridgehead atoms. The van der Waals surface area contributed by atoms with Gasteiger partial charge in [0.05, 0.1) is 11.1 Å². The average Bonchev–Trinajstić information content (AvgIpc) is 2.95. The van der Waals surface area contributed by atoms with E-state index in [2.05, 4.69) is 76.6 Å². The zero-order chi connectivity index (χ0) is 14.7. The van der Waals surface area contributed by atoms with Gasteiger partial charge >= 0.3 is 0 Å². The van der Waals surface area contributed by atoms with Gasteiger partial charge in [-0.2, -0.15) is 0 Å². The molecule has 0 saturated carbocycles. The van der Waals surface area contributed by atoms with Crippen molar-refractivity contribution in [1.29, 1.82) is 0 Å². The molecule has 3 rings (SSSR count). The van der Waals surface area contributed by atoms with Gasteiger partial charge in [-0.3, -0.25) is 0 Å². The summed E-state index contributed by atoms with van der Waals surface area (Å²) >= 11 is 3.74. The molecule has 0 fully saturated rings. The molecule has 0 aliphatic carbocycles. The molecule has 0 amide bonds. The average molecular weight is 341 g/mol. The predicted molar refractivity (Wildman–Crippen MR) is 89.9 cm³/mol. The Kier molecular flexibility index (Phi) is 4.26. The van der Waals surface area contributed by atoms with Gasteiger partial charge in [0.15, 0.2) is 0 Å². The third kappa shape index (κ3) is 3.45. The molecule has 1 aromatic heterocycles. The molecule has 0 aliphatic rings. The fourth-order valence-electron chi connectivity index (χ4n) is 2.43. The van der Waals surface area contributed by atoms with Crippen molar-refractivity contribution in [3.63, 3.8) is 0 Å². The Labute approximate surface area is 133 Å². The summed E-state index contributed by atoms with van der Waals surface area (Å²) in [6.07, 6.45) is 2.78. The summed E-state index contributed by atoms with van der Waals surface area (Å²) in [4.78, 5) is 0.181. The van der Waals surface area contributed by atoms with Gasteiger partial charge in [0.25, 0.3) is 0 Å². The number of alkyl halides is 1. The van der Waals surface area contributed by atoms with Crippen LogP contribution in [0.5, 0.6) is 0 Å². The van der Waals surface area contributed by atoms with Gasteiger partial charge in [-0.05, 0) is 36.1 Å². The van der Waals surface area contributed by atoms with Crippen LogP contribution in [-0.2, 0) is 6.42 Å². The van der Waals surface area contributed by atoms with Crippen molar-refractivity contribution < 1.29 is 4.42 Å². The Morgan fingerprint density at radius 3 is 2.19 bits per heavy atom. The molecule has 0 saturated heterocycles. The minimum Gasteiger partial charge on any atom is -0.469 e. The lowest BCUT2D eigenvalue weighted by Gasteiger charge is -2.09. The van der Waals surface area contributed by atoms with Gasteiger partial charge in [0.1, 0.15) is 5.76 Å². The van der Waals surface area contributed by atoms with Crippen LogP contribution < -0.4 is 0 Å². The van der Waals surface area contributed by atoms with Crippen LogP contribution in [0.2, 0.25) is 0 Å². The molecule has 3 aromatic rings. The van der Waals surface area contributed by atoms with Crippen molar-refractivity contribution in [3.05, 3.63) is 94.9 Å². The third-order valence-corrected chi connectivity index (χ3v) is 4.62. The molecular formula is C19H17BrO. The van der Waals surface area contributed by atoms with E-state index in [4.69, 9.17) is 4.42 Å². The number of rotatable bonds is 4. The highest BCUT2D eigenvalue weighted by molar-refractivity contribution is 9.09. The quantitative estimate of drug-likeness (QED) is 0.558. The Balaban J connectivity index is 1.75. The Hall–Kier alpha value is -1.80. The number of halogens is 1. The summed E-state index contributed by atoms with van der Waals surface area (Å²) in [5.41, 5.74) is 5.06. The minimum absolute atomic E-state index is 0.181. The fourth-order valence-corrected chi connectivity index (χ4v) is 2.97. The standard InChI is InChI=1S/C19H17BrO/c1-14-11-18(13-21-14)19(20)17-9-7-16(8-10-17)12-15-5-3-2-4-6-15/h2-11,13,19H,12H2,1H3. The van der Waals surface area contributed by atoms with E-state index >= 15 is 0 Å². The predicted octanol–water partition coefficient (Wildman–Crippen LogP) is 5.66. The molecule has 1 heterocycles. The van der Waals surface area contributed by atoms with Crippen LogP contribution in [0.4, 0.5) is 0 Å². The first-order valence-corrected chi connectivity index (χ1v) is 7.96. The van der Waals surface area contributed by atoms with E-state index in [1.807, 2.05) is 13.2 Å². The summed E-state index contributed by atoms with van der Waals surface area (Å²) in [6.45, 7) is 1.96. The monoisotopic (exact) mass is 340 g/mol. The molecule has 2 heteroatoms. The Morgan fingerprint density at radius 1 is 0.905 bits per heavy atom. The van der Waals surface area contributed by atoms with E-state index in [9.17, 15) is 0 Å². The SMILES string of the molecule is Cc1cc(C(Br)c2ccc(Cc3ccccc3)cc2)co1. The number of furan rings is 1. The maximum absolute atomic E-state index is 5.38. The molecule has 21 heavy (non-hydrogen) atoms. The van der Waals surface area contributed by atoms with Crippen LogP contribution in [0.1, 0.15) is 32.8 Å². The van der Waals surface area contributed by atoms with E-state index in [0.29, 0.717) is 0 Å². The fraction of sp³-hybridized carbons (Fsp3) is 0.158. The zero-order valence-electron chi connectivity index (χ0n) is 11.9. The summed E-state index contributed by atoms with van der Waals surface area (Å²) in [5.74, 6) is 0.940. The second-order valence-electron chi connectivity index (χ2n) is 5.26. The van der Waals surface area contributed by atoms with Gasteiger partial charge in [-0.25, -0.2) is 0 Å². The van der Waals surface area contributed by atoms with Crippen LogP contribution in [0.3, 0.4) is 0 Å². The largest absolute Gasteiger partial charge is 0.469 e. The van der Waals surface area contributed by atoms with Gasteiger partial charge < -0.3 is 4.42 Å². The van der Waals surface area contributed by atoms with Crippen molar-refractivity contribution >= 4 is 15.9 Å². The third-order valence-electron chi connectivity index (χ3n) is 3.57. The molecule has 0 aliphatic heterocycles. The molecule has 2 aromatic carbocycles. The lowest BCUT2D eigenvalue weighted by molar-refractivity contribution is 0.532. The Bertz CT molecular complexity index is 698. The van der Waals surface area contributed by atoms with E-state index in [1.54, 1.807) is 0 Å². The van der Waals surface area contributed by atoms with Gasteiger partial charge in [0.2, 0.25) is 0 Å². The number of aryl methyl sites for hydroxylation is 1. The van der Waals surface area contributed by atoms with Crippen LogP contribution in [-0.4, -0.2) is 0 Å². The number of benzene rings is 2. The first-order valence-electron chi connectivity index (χ1n) is 7.04. The first-order chi connectivity index (χ1) is 10.2. The van der Waals surface area contributed by atoms with E-state index < -0.39 is 0 Å². The second-order valence-corrected chi connectivity index (χ2v) is 6.17. The molecule has 0 radical (unpaired) electrons. The van der Waals surface area contributed by atoms with Crippen molar-refractivity contribution in [2.45, 2.75) is 18.2 Å². The zero-order valence-corrected chi connectivity index (χ0v) is 13.5. The second kappa shape index (κ2) is 6.31. The first kappa shape index (κ1) is 14.2. The maximum Gasteiger partial charge on any atom is 0.101 e. The lowest BCUT2D eigenvalue weighted by atomic mass is 10.0. The van der Waals surface area contributed by atoms with Crippen LogP contribution in [0.15, 0.2) is 71.3 Å². The normalized spacial score (nSPS) is 12.3. The van der Waals surface area contributed by atoms with Crippen LogP contribution in [0, 0.1) is 6.92 Å². The highest BCUT2D eigenvalue weighted by atomic mass is 79.9. The smallest absolute Gasteiger partial charge is 0.101 e. The number of hydrogen-bond acceptors (Lipinski definition) is 1. The van der Waals surface area contributed by atoms with Gasteiger partial charge in [0, 0.05) is 5.56 Å². The van der Waals surface area contributed by atoms with Gasteiger partial charge in [-0.15, -0.1) is 0 Å². The van der Waals surface area contributed by atoms with Crippen LogP contribution >= 0.6 is 15.9 Å². The molecule has 106 valence electrons. The molecule has 1 unspecified atom stereocenters. The maximum atomic E-state index is 5.38. The Morgan fingerprint density at radius 2 is 1.57 bits per heavy atom. The molecular weight excluding hydrogens is 324 g/mol. The number of hydrogen-bond donors (Lipinski definition) is 0. The van der Waals surface area contributed by atoms with E-state index in [1.165, 1.54) is 16.7 Å². The molecule has 0 N–H and O–H groups in total. The van der Waals surface area contributed by atoms with Gasteiger partial charge in [-0.1, -0.05) is 70.5 Å². The van der Waals surface area contributed by atoms with Crippen molar-refractivity contribution in [1.82, 2.24) is 0 Å². The van der Waals surface area contributed by atoms with E-state index in [-0.39, 0.29) is 4.83 Å². The minimum atomic E-state index is 0.181. The topological polar surface area (TPSA) is 13.1 Å². The van der Waals surface area contributed by atoms with Crippen molar-refractivity contribution in [2.24, 2.45) is 0 Å². The van der Waals surface area contributed by atoms with Crippen molar-refractivity contribution in [3.8, 4) is 0 Å². The van der Waals surface area contributed by atoms with Crippen molar-refractivity contribution in [2.75, 3.05) is 0 Å². The summed E-state index contributed by atoms with van der Waals surface area (Å²) in [7, 11) is 0. The van der Waals surface area contributed by atoms with E-state index in [0.717, 1.165) is 17.7 Å². The summed E-state index contributed by atoms with van der Waals surface area (Å²) in [5, 5.41) is 0. The van der Waals surface area contributed by atoms with Crippen LogP contribution in [0.25, 0.3) is 0 Å². The lowest BCUT2D eigenvalue weighted by Crippen LogP contribution is -1.93. The summed E-state index contributed by atoms with van der Waals surface area (Å²) < 4.78 is 5.38. The summed E-state index contributed by atoms with van der Waals surface area (Å²) in [6, 6.07) is 21.4. The highest BCUT2D eigenvalue weighted by Crippen LogP contribution is 2.32. The molecule has 0 spiro atoms.